The molecule has 5 nitrogen and oxygen atoms in total. The number of carbonyl (C=O) groups excluding carboxylic acids is 2. The Hall–Kier alpha value is -2.69. The number of amides is 1. The second-order valence-electron chi connectivity index (χ2n) is 7.19. The Labute approximate surface area is 146 Å². The summed E-state index contributed by atoms with van der Waals surface area (Å²) >= 11 is 0. The van der Waals surface area contributed by atoms with E-state index in [1.165, 1.54) is 10.6 Å². The molecule has 0 spiro atoms. The lowest BCUT2D eigenvalue weighted by atomic mass is 9.75. The first-order valence-electron chi connectivity index (χ1n) is 8.50. The van der Waals surface area contributed by atoms with Crippen molar-refractivity contribution < 1.29 is 9.59 Å². The minimum absolute atomic E-state index is 0.0116. The molecule has 2 aromatic rings. The standard InChI is InChI=1S/C20H22N2O3/c1-4-21-18(24)15-10-14-16(11-20(2,3)12-17(14)23)22(19(15)25)13-8-6-5-7-9-13/h5-10H,4,11-12H2,1-3H3,(H,21,24). The molecule has 3 rings (SSSR count). The highest BCUT2D eigenvalue weighted by molar-refractivity contribution is 6.02. The summed E-state index contributed by atoms with van der Waals surface area (Å²) in [6, 6.07) is 10.6. The van der Waals surface area contributed by atoms with Crippen LogP contribution >= 0.6 is 0 Å². The molecule has 130 valence electrons. The van der Waals surface area contributed by atoms with E-state index >= 15 is 0 Å². The van der Waals surface area contributed by atoms with Gasteiger partial charge in [0.15, 0.2) is 5.78 Å². The highest BCUT2D eigenvalue weighted by atomic mass is 16.2. The number of benzene rings is 1. The van der Waals surface area contributed by atoms with E-state index < -0.39 is 5.91 Å². The molecule has 1 aliphatic carbocycles. The van der Waals surface area contributed by atoms with Crippen molar-refractivity contribution in [3.63, 3.8) is 0 Å². The SMILES string of the molecule is CCNC(=O)c1cc2c(n(-c3ccccc3)c1=O)CC(C)(C)CC2=O. The highest BCUT2D eigenvalue weighted by Crippen LogP contribution is 2.35. The van der Waals surface area contributed by atoms with Gasteiger partial charge in [-0.25, -0.2) is 0 Å². The van der Waals surface area contributed by atoms with Crippen LogP contribution in [0.5, 0.6) is 0 Å². The lowest BCUT2D eigenvalue weighted by molar-refractivity contribution is 0.0908. The lowest BCUT2D eigenvalue weighted by Gasteiger charge is -2.32. The third-order valence-corrected chi connectivity index (χ3v) is 4.48. The summed E-state index contributed by atoms with van der Waals surface area (Å²) in [4.78, 5) is 38.1. The van der Waals surface area contributed by atoms with Crippen molar-refractivity contribution in [2.75, 3.05) is 6.54 Å². The maximum Gasteiger partial charge on any atom is 0.268 e. The number of pyridine rings is 1. The van der Waals surface area contributed by atoms with Crippen LogP contribution in [0.3, 0.4) is 0 Å². The van der Waals surface area contributed by atoms with Gasteiger partial charge in [-0.15, -0.1) is 0 Å². The van der Waals surface area contributed by atoms with Crippen LogP contribution in [0.1, 0.15) is 53.6 Å². The predicted octanol–water partition coefficient (Wildman–Crippen LogP) is 2.74. The number of fused-ring (bicyclic) bond motifs is 1. The zero-order valence-electron chi connectivity index (χ0n) is 14.8. The molecule has 1 aromatic carbocycles. The van der Waals surface area contributed by atoms with E-state index in [0.717, 1.165) is 0 Å². The normalized spacial score (nSPS) is 15.6. The van der Waals surface area contributed by atoms with Gasteiger partial charge in [0.05, 0.1) is 0 Å². The van der Waals surface area contributed by atoms with Crippen molar-refractivity contribution >= 4 is 11.7 Å². The number of para-hydroxylation sites is 1. The van der Waals surface area contributed by atoms with Crippen LogP contribution in [0.25, 0.3) is 5.69 Å². The summed E-state index contributed by atoms with van der Waals surface area (Å²) < 4.78 is 1.53. The molecule has 0 atom stereocenters. The molecule has 1 heterocycles. The van der Waals surface area contributed by atoms with Gasteiger partial charge in [0, 0.05) is 29.9 Å². The summed E-state index contributed by atoms with van der Waals surface area (Å²) in [7, 11) is 0. The number of ketones is 1. The Kier molecular flexibility index (Phi) is 4.33. The minimum Gasteiger partial charge on any atom is -0.352 e. The summed E-state index contributed by atoms with van der Waals surface area (Å²) in [5.74, 6) is -0.473. The number of carbonyl (C=O) groups is 2. The molecule has 1 aliphatic rings. The fourth-order valence-corrected chi connectivity index (χ4v) is 3.38. The van der Waals surface area contributed by atoms with E-state index in [0.29, 0.717) is 36.3 Å². The molecule has 0 aliphatic heterocycles. The summed E-state index contributed by atoms with van der Waals surface area (Å²) in [6.45, 7) is 6.25. The largest absolute Gasteiger partial charge is 0.352 e. The summed E-state index contributed by atoms with van der Waals surface area (Å²) in [6.07, 6.45) is 1.01. The predicted molar refractivity (Wildman–Crippen MR) is 96.5 cm³/mol. The Morgan fingerprint density at radius 3 is 2.48 bits per heavy atom. The van der Waals surface area contributed by atoms with Crippen LogP contribution in [0, 0.1) is 5.41 Å². The Bertz CT molecular complexity index is 895. The molecular weight excluding hydrogens is 316 g/mol. The second-order valence-corrected chi connectivity index (χ2v) is 7.19. The van der Waals surface area contributed by atoms with Crippen molar-refractivity contribution in [2.45, 2.75) is 33.6 Å². The maximum atomic E-state index is 13.1. The van der Waals surface area contributed by atoms with Crippen LogP contribution < -0.4 is 10.9 Å². The lowest BCUT2D eigenvalue weighted by Crippen LogP contribution is -2.38. The molecule has 1 amide bonds. The highest BCUT2D eigenvalue weighted by Gasteiger charge is 2.34. The molecule has 5 heteroatoms. The number of hydrogen-bond acceptors (Lipinski definition) is 3. The average Bonchev–Trinajstić information content (AvgIpc) is 2.54. The molecule has 0 saturated heterocycles. The molecule has 0 radical (unpaired) electrons. The molecule has 0 unspecified atom stereocenters. The van der Waals surface area contributed by atoms with Crippen LogP contribution in [0.2, 0.25) is 0 Å². The number of hydrogen-bond donors (Lipinski definition) is 1. The van der Waals surface area contributed by atoms with E-state index in [1.54, 1.807) is 6.92 Å². The number of rotatable bonds is 3. The van der Waals surface area contributed by atoms with Crippen molar-refractivity contribution in [3.8, 4) is 5.69 Å². The van der Waals surface area contributed by atoms with Crippen molar-refractivity contribution in [1.82, 2.24) is 9.88 Å². The van der Waals surface area contributed by atoms with Crippen molar-refractivity contribution in [3.05, 3.63) is 63.6 Å². The zero-order valence-corrected chi connectivity index (χ0v) is 14.8. The molecule has 0 saturated carbocycles. The topological polar surface area (TPSA) is 68.2 Å². The molecule has 0 bridgehead atoms. The molecule has 25 heavy (non-hydrogen) atoms. The molecule has 1 aromatic heterocycles. The number of nitrogens with one attached hydrogen (secondary N) is 1. The van der Waals surface area contributed by atoms with E-state index in [2.05, 4.69) is 5.32 Å². The third-order valence-electron chi connectivity index (χ3n) is 4.48. The molecule has 0 fully saturated rings. The number of Topliss-reactive ketones (excluding diaryl/α,β-unsaturated/α-hetero) is 1. The molecule has 1 N–H and O–H groups in total. The Morgan fingerprint density at radius 1 is 1.16 bits per heavy atom. The van der Waals surface area contributed by atoms with Gasteiger partial charge in [0.25, 0.3) is 11.5 Å². The average molecular weight is 338 g/mol. The van der Waals surface area contributed by atoms with Gasteiger partial charge in [-0.1, -0.05) is 32.0 Å². The van der Waals surface area contributed by atoms with Gasteiger partial charge in [0.1, 0.15) is 5.56 Å². The fraction of sp³-hybridized carbons (Fsp3) is 0.350. The van der Waals surface area contributed by atoms with E-state index in [-0.39, 0.29) is 22.3 Å². The van der Waals surface area contributed by atoms with Gasteiger partial charge in [-0.3, -0.25) is 19.0 Å². The van der Waals surface area contributed by atoms with Gasteiger partial charge < -0.3 is 5.32 Å². The Morgan fingerprint density at radius 2 is 1.84 bits per heavy atom. The quantitative estimate of drug-likeness (QED) is 0.936. The van der Waals surface area contributed by atoms with Crippen LogP contribution in [0.15, 0.2) is 41.2 Å². The smallest absolute Gasteiger partial charge is 0.268 e. The van der Waals surface area contributed by atoms with Gasteiger partial charge in [-0.05, 0) is 37.0 Å². The molecular formula is C20H22N2O3. The third kappa shape index (κ3) is 3.14. The summed E-state index contributed by atoms with van der Waals surface area (Å²) in [5, 5.41) is 2.66. The van der Waals surface area contributed by atoms with Gasteiger partial charge in [0.2, 0.25) is 0 Å². The first-order valence-corrected chi connectivity index (χ1v) is 8.50. The number of aromatic nitrogens is 1. The first kappa shape index (κ1) is 17.1. The number of nitrogens with zero attached hydrogens (tertiary/aromatic N) is 1. The van der Waals surface area contributed by atoms with E-state index in [4.69, 9.17) is 0 Å². The van der Waals surface area contributed by atoms with Crippen LogP contribution in [0.4, 0.5) is 0 Å². The first-order chi connectivity index (χ1) is 11.8. The van der Waals surface area contributed by atoms with E-state index in [1.807, 2.05) is 44.2 Å². The zero-order chi connectivity index (χ0) is 18.2. The van der Waals surface area contributed by atoms with E-state index in [9.17, 15) is 14.4 Å². The van der Waals surface area contributed by atoms with Gasteiger partial charge in [-0.2, -0.15) is 0 Å². The van der Waals surface area contributed by atoms with Crippen molar-refractivity contribution in [2.24, 2.45) is 5.41 Å². The fourth-order valence-electron chi connectivity index (χ4n) is 3.38. The van der Waals surface area contributed by atoms with Gasteiger partial charge >= 0.3 is 0 Å². The monoisotopic (exact) mass is 338 g/mol. The van der Waals surface area contributed by atoms with Crippen LogP contribution in [-0.2, 0) is 6.42 Å². The van der Waals surface area contributed by atoms with Crippen LogP contribution in [-0.4, -0.2) is 22.8 Å². The minimum atomic E-state index is -0.447. The second kappa shape index (κ2) is 6.31. The summed E-state index contributed by atoms with van der Waals surface area (Å²) in [5.41, 5.74) is 1.23. The Balaban J connectivity index is 2.33. The maximum absolute atomic E-state index is 13.1. The van der Waals surface area contributed by atoms with Crippen molar-refractivity contribution in [1.29, 1.82) is 0 Å².